The van der Waals surface area contributed by atoms with Crippen molar-refractivity contribution in [3.05, 3.63) is 0 Å². The van der Waals surface area contributed by atoms with Gasteiger partial charge in [0.2, 0.25) is 6.79 Å². The highest BCUT2D eigenvalue weighted by atomic mass is 17.7. The van der Waals surface area contributed by atoms with Crippen LogP contribution in [0.15, 0.2) is 0 Å². The van der Waals surface area contributed by atoms with Crippen molar-refractivity contribution in [1.82, 2.24) is 0 Å². The fourth-order valence-electron chi connectivity index (χ4n) is 0.154. The largest absolute Gasteiger partial charge is 0.221 e. The van der Waals surface area contributed by atoms with Crippen molar-refractivity contribution in [3.63, 3.8) is 0 Å². The summed E-state index contributed by atoms with van der Waals surface area (Å²) in [7, 11) is 2.52. The van der Waals surface area contributed by atoms with Crippen molar-refractivity contribution in [2.45, 2.75) is 0 Å². The van der Waals surface area contributed by atoms with Gasteiger partial charge in [-0.3, -0.25) is 0 Å². The van der Waals surface area contributed by atoms with Gasteiger partial charge in [0.05, 0.1) is 14.2 Å². The SMILES string of the molecule is COOOCOOOOC. The van der Waals surface area contributed by atoms with Crippen LogP contribution in [0.2, 0.25) is 0 Å². The summed E-state index contributed by atoms with van der Waals surface area (Å²) in [6.45, 7) is -0.308. The molecule has 0 aromatic rings. The van der Waals surface area contributed by atoms with E-state index >= 15 is 0 Å². The van der Waals surface area contributed by atoms with Crippen LogP contribution in [-0.4, -0.2) is 21.0 Å². The maximum Gasteiger partial charge on any atom is 0.221 e. The van der Waals surface area contributed by atoms with E-state index in [1.54, 1.807) is 0 Å². The van der Waals surface area contributed by atoms with E-state index in [-0.39, 0.29) is 6.79 Å². The summed E-state index contributed by atoms with van der Waals surface area (Å²) in [5, 5.41) is 11.6. The molecule has 0 spiro atoms. The maximum atomic E-state index is 4.12. The standard InChI is InChI=1S/C3H8O7/c1-4-8-6-3-7-10-9-5-2/h3H2,1-2H3. The lowest BCUT2D eigenvalue weighted by Gasteiger charge is -1.98. The van der Waals surface area contributed by atoms with Crippen LogP contribution in [0.4, 0.5) is 0 Å². The third-order valence-corrected chi connectivity index (χ3v) is 0.356. The molecule has 7 heteroatoms. The minimum absolute atomic E-state index is 0.308. The van der Waals surface area contributed by atoms with Crippen LogP contribution < -0.4 is 0 Å². The Kier molecular flexibility index (Phi) is 8.48. The molecule has 10 heavy (non-hydrogen) atoms. The Balaban J connectivity index is 2.65. The molecule has 0 bridgehead atoms. The first-order chi connectivity index (χ1) is 4.91. The van der Waals surface area contributed by atoms with Crippen LogP contribution in [-0.2, 0) is 34.7 Å². The fraction of sp³-hybridized carbons (Fsp3) is 1.00. The number of rotatable bonds is 7. The molecule has 0 atom stereocenters. The lowest BCUT2D eigenvalue weighted by Crippen LogP contribution is -2.02. The van der Waals surface area contributed by atoms with E-state index in [2.05, 4.69) is 34.7 Å². The molecule has 0 N–H and O–H groups in total. The zero-order chi connectivity index (χ0) is 7.66. The Morgan fingerprint density at radius 3 is 2.00 bits per heavy atom. The lowest BCUT2D eigenvalue weighted by molar-refractivity contribution is -0.654. The highest BCUT2D eigenvalue weighted by Gasteiger charge is 1.88. The van der Waals surface area contributed by atoms with Crippen LogP contribution in [0.25, 0.3) is 0 Å². The second-order valence-electron chi connectivity index (χ2n) is 0.891. The van der Waals surface area contributed by atoms with E-state index in [4.69, 9.17) is 0 Å². The topological polar surface area (TPSA) is 64.6 Å². The second-order valence-corrected chi connectivity index (χ2v) is 0.891. The van der Waals surface area contributed by atoms with Crippen LogP contribution in [0, 0.1) is 0 Å². The fourth-order valence-corrected chi connectivity index (χ4v) is 0.154. The molecule has 0 aliphatic heterocycles. The molecule has 0 aromatic carbocycles. The summed E-state index contributed by atoms with van der Waals surface area (Å²) in [5.74, 6) is 0. The van der Waals surface area contributed by atoms with Crippen molar-refractivity contribution < 1.29 is 34.7 Å². The van der Waals surface area contributed by atoms with Gasteiger partial charge in [-0.05, 0) is 10.1 Å². The van der Waals surface area contributed by atoms with Crippen molar-refractivity contribution in [1.29, 1.82) is 0 Å². The molecule has 0 unspecified atom stereocenters. The van der Waals surface area contributed by atoms with E-state index in [0.717, 1.165) is 0 Å². The molecule has 7 nitrogen and oxygen atoms in total. The highest BCUT2D eigenvalue weighted by molar-refractivity contribution is 3.70. The second kappa shape index (κ2) is 8.72. The van der Waals surface area contributed by atoms with Gasteiger partial charge in [-0.1, -0.05) is 5.04 Å². The highest BCUT2D eigenvalue weighted by Crippen LogP contribution is 1.83. The predicted octanol–water partition coefficient (Wildman–Crippen LogP) is -0.105. The molecule has 0 radical (unpaired) electrons. The van der Waals surface area contributed by atoms with Crippen molar-refractivity contribution in [2.24, 2.45) is 0 Å². The zero-order valence-electron chi connectivity index (χ0n) is 5.56. The third-order valence-electron chi connectivity index (χ3n) is 0.356. The van der Waals surface area contributed by atoms with Gasteiger partial charge < -0.3 is 0 Å². The van der Waals surface area contributed by atoms with Crippen LogP contribution in [0.5, 0.6) is 0 Å². The van der Waals surface area contributed by atoms with Gasteiger partial charge in [0, 0.05) is 0 Å². The van der Waals surface area contributed by atoms with E-state index in [9.17, 15) is 0 Å². The van der Waals surface area contributed by atoms with Crippen LogP contribution >= 0.6 is 0 Å². The van der Waals surface area contributed by atoms with Gasteiger partial charge >= 0.3 is 0 Å². The minimum Gasteiger partial charge on any atom is -0.209 e. The molecule has 0 amide bonds. The molecular weight excluding hydrogens is 148 g/mol. The summed E-state index contributed by atoms with van der Waals surface area (Å²) in [5.41, 5.74) is 0. The molecule has 0 heterocycles. The van der Waals surface area contributed by atoms with E-state index < -0.39 is 0 Å². The Hall–Kier alpha value is -0.280. The molecule has 0 rings (SSSR count). The molecule has 0 aromatic heterocycles. The van der Waals surface area contributed by atoms with E-state index in [0.29, 0.717) is 0 Å². The average molecular weight is 156 g/mol. The zero-order valence-corrected chi connectivity index (χ0v) is 5.56. The first-order valence-corrected chi connectivity index (χ1v) is 2.23. The summed E-state index contributed by atoms with van der Waals surface area (Å²) >= 11 is 0. The summed E-state index contributed by atoms with van der Waals surface area (Å²) < 4.78 is 0. The first kappa shape index (κ1) is 9.72. The average Bonchev–Trinajstić information content (AvgIpc) is 1.97. The van der Waals surface area contributed by atoms with Crippen molar-refractivity contribution in [2.75, 3.05) is 21.0 Å². The summed E-state index contributed by atoms with van der Waals surface area (Å²) in [6, 6.07) is 0. The molecule has 0 aliphatic carbocycles. The minimum atomic E-state index is -0.308. The Bertz CT molecular complexity index is 48.8. The lowest BCUT2D eigenvalue weighted by atomic mass is 11.5. The Morgan fingerprint density at radius 2 is 1.40 bits per heavy atom. The molecular formula is C3H8O7. The summed E-state index contributed by atoms with van der Waals surface area (Å²) in [6.07, 6.45) is 0. The van der Waals surface area contributed by atoms with E-state index in [1.165, 1.54) is 14.2 Å². The van der Waals surface area contributed by atoms with Crippen LogP contribution in [0.3, 0.4) is 0 Å². The van der Waals surface area contributed by atoms with Gasteiger partial charge in [-0.2, -0.15) is 9.78 Å². The van der Waals surface area contributed by atoms with Gasteiger partial charge in [-0.15, -0.1) is 0 Å². The first-order valence-electron chi connectivity index (χ1n) is 2.23. The molecule has 0 fully saturated rings. The molecule has 0 saturated heterocycles. The van der Waals surface area contributed by atoms with Crippen molar-refractivity contribution in [3.8, 4) is 0 Å². The normalized spacial score (nSPS) is 10.2. The van der Waals surface area contributed by atoms with Crippen molar-refractivity contribution >= 4 is 0 Å². The Labute approximate surface area is 56.9 Å². The number of hydrogen-bond acceptors (Lipinski definition) is 7. The smallest absolute Gasteiger partial charge is 0.209 e. The summed E-state index contributed by atoms with van der Waals surface area (Å²) in [4.78, 5) is 16.2. The van der Waals surface area contributed by atoms with E-state index in [1.807, 2.05) is 0 Å². The van der Waals surface area contributed by atoms with Crippen LogP contribution in [0.1, 0.15) is 0 Å². The predicted molar refractivity (Wildman–Crippen MR) is 24.3 cm³/mol. The number of hydrogen-bond donors (Lipinski definition) is 0. The quantitative estimate of drug-likeness (QED) is 0.220. The van der Waals surface area contributed by atoms with Gasteiger partial charge in [0.1, 0.15) is 0 Å². The third kappa shape index (κ3) is 7.72. The maximum absolute atomic E-state index is 4.12. The van der Waals surface area contributed by atoms with Gasteiger partial charge in [-0.25, -0.2) is 9.78 Å². The molecule has 62 valence electrons. The molecule has 0 aliphatic rings. The monoisotopic (exact) mass is 156 g/mol. The molecule has 0 saturated carbocycles. The van der Waals surface area contributed by atoms with Gasteiger partial charge in [0.25, 0.3) is 0 Å². The Morgan fingerprint density at radius 1 is 0.800 bits per heavy atom. The van der Waals surface area contributed by atoms with Gasteiger partial charge in [0.15, 0.2) is 0 Å².